The summed E-state index contributed by atoms with van der Waals surface area (Å²) in [6, 6.07) is -0.595. The number of urea groups is 1. The lowest BCUT2D eigenvalue weighted by molar-refractivity contribution is -0.149. The zero-order chi connectivity index (χ0) is 22.4. The molecule has 31 heavy (non-hydrogen) atoms. The lowest BCUT2D eigenvalue weighted by Gasteiger charge is -2.30. The monoisotopic (exact) mass is 446 g/mol. The fourth-order valence-corrected chi connectivity index (χ4v) is 4.14. The molecule has 2 aromatic rings. The molecular weight excluding hydrogens is 416 g/mol. The van der Waals surface area contributed by atoms with Gasteiger partial charge < -0.3 is 14.5 Å². The van der Waals surface area contributed by atoms with Crippen LogP contribution < -0.4 is 10.6 Å². The Hall–Kier alpha value is -2.68. The number of carbonyl (C=O) groups excluding carboxylic acids is 2. The van der Waals surface area contributed by atoms with Crippen molar-refractivity contribution >= 4 is 40.6 Å². The van der Waals surface area contributed by atoms with Crippen molar-refractivity contribution in [3.8, 4) is 0 Å². The third-order valence-electron chi connectivity index (χ3n) is 5.07. The van der Waals surface area contributed by atoms with Gasteiger partial charge in [-0.25, -0.2) is 14.8 Å². The van der Waals surface area contributed by atoms with Crippen molar-refractivity contribution in [2.24, 2.45) is 5.92 Å². The highest BCUT2D eigenvalue weighted by Gasteiger charge is 2.33. The normalized spacial score (nSPS) is 19.4. The zero-order valence-electron chi connectivity index (χ0n) is 18.4. The highest BCUT2D eigenvalue weighted by atomic mass is 32.1. The number of rotatable bonds is 6. The highest BCUT2D eigenvalue weighted by molar-refractivity contribution is 7.16. The van der Waals surface area contributed by atoms with Crippen molar-refractivity contribution in [2.45, 2.75) is 64.8 Å². The number of oxazole rings is 1. The number of nitrogens with zero attached hydrogens (tertiary/aromatic N) is 2. The van der Waals surface area contributed by atoms with Crippen LogP contribution in [0.1, 0.15) is 69.9 Å². The molecule has 0 aliphatic heterocycles. The molecule has 1 aliphatic carbocycles. The van der Waals surface area contributed by atoms with E-state index in [-0.39, 0.29) is 29.4 Å². The predicted octanol–water partition coefficient (Wildman–Crippen LogP) is 4.84. The summed E-state index contributed by atoms with van der Waals surface area (Å²) in [4.78, 5) is 34.0. The SMILES string of the molecule is CCOC(=O)[C@@H]1CCCC[C@@H]1NC(=O)Nc1ncc(/C=C/c2ncc(C(C)(C)C)o2)s1. The Morgan fingerprint density at radius 1 is 1.23 bits per heavy atom. The van der Waals surface area contributed by atoms with Crippen LogP contribution in [0.2, 0.25) is 0 Å². The number of ether oxygens (including phenoxy) is 1. The smallest absolute Gasteiger partial charge is 0.321 e. The number of aromatic nitrogens is 2. The largest absolute Gasteiger partial charge is 0.466 e. The standard InChI is InChI=1S/C22H30N4O4S/c1-5-29-19(27)15-8-6-7-9-16(15)25-20(28)26-21-24-12-14(31-21)10-11-18-23-13-17(30-18)22(2,3)4/h10-13,15-16H,5-9H2,1-4H3,(H2,24,25,26,28)/b11-10+/t15-,16+/m1/s1. The molecule has 168 valence electrons. The highest BCUT2D eigenvalue weighted by Crippen LogP contribution is 2.27. The Labute approximate surface area is 186 Å². The first-order chi connectivity index (χ1) is 14.8. The molecule has 0 bridgehead atoms. The van der Waals surface area contributed by atoms with Crippen LogP contribution in [0.15, 0.2) is 16.8 Å². The summed E-state index contributed by atoms with van der Waals surface area (Å²) in [6.45, 7) is 8.32. The van der Waals surface area contributed by atoms with Crippen molar-refractivity contribution < 1.29 is 18.7 Å². The van der Waals surface area contributed by atoms with Crippen LogP contribution in [-0.4, -0.2) is 34.6 Å². The van der Waals surface area contributed by atoms with Crippen molar-refractivity contribution in [2.75, 3.05) is 11.9 Å². The lowest BCUT2D eigenvalue weighted by Crippen LogP contribution is -2.47. The summed E-state index contributed by atoms with van der Waals surface area (Å²) in [5, 5.41) is 6.14. The maximum Gasteiger partial charge on any atom is 0.321 e. The van der Waals surface area contributed by atoms with Gasteiger partial charge in [-0.1, -0.05) is 44.9 Å². The summed E-state index contributed by atoms with van der Waals surface area (Å²) in [5.74, 6) is 0.801. The third kappa shape index (κ3) is 6.40. The van der Waals surface area contributed by atoms with E-state index in [1.54, 1.807) is 25.4 Å². The number of hydrogen-bond acceptors (Lipinski definition) is 7. The topological polar surface area (TPSA) is 106 Å². The number of hydrogen-bond donors (Lipinski definition) is 2. The van der Waals surface area contributed by atoms with E-state index in [2.05, 4.69) is 41.4 Å². The summed E-state index contributed by atoms with van der Waals surface area (Å²) in [5.41, 5.74) is -0.0986. The predicted molar refractivity (Wildman–Crippen MR) is 121 cm³/mol. The summed E-state index contributed by atoms with van der Waals surface area (Å²) in [7, 11) is 0. The van der Waals surface area contributed by atoms with Crippen LogP contribution in [0.3, 0.4) is 0 Å². The van der Waals surface area contributed by atoms with Crippen LogP contribution in [-0.2, 0) is 14.9 Å². The molecule has 0 radical (unpaired) electrons. The van der Waals surface area contributed by atoms with Gasteiger partial charge in [0.05, 0.1) is 18.7 Å². The maximum atomic E-state index is 12.4. The summed E-state index contributed by atoms with van der Waals surface area (Å²) < 4.78 is 10.9. The first-order valence-corrected chi connectivity index (χ1v) is 11.4. The fourth-order valence-electron chi connectivity index (χ4n) is 3.42. The second kappa shape index (κ2) is 10.1. The summed E-state index contributed by atoms with van der Waals surface area (Å²) >= 11 is 1.34. The van der Waals surface area contributed by atoms with Crippen LogP contribution in [0.4, 0.5) is 9.93 Å². The maximum absolute atomic E-state index is 12.4. The fraction of sp³-hybridized carbons (Fsp3) is 0.545. The van der Waals surface area contributed by atoms with Crippen LogP contribution in [0, 0.1) is 5.92 Å². The van der Waals surface area contributed by atoms with Crippen molar-refractivity contribution in [1.82, 2.24) is 15.3 Å². The van der Waals surface area contributed by atoms with Gasteiger partial charge in [-0.3, -0.25) is 10.1 Å². The van der Waals surface area contributed by atoms with E-state index in [9.17, 15) is 9.59 Å². The minimum absolute atomic E-state index is 0.0986. The molecule has 9 heteroatoms. The minimum Gasteiger partial charge on any atom is -0.466 e. The second-order valence-corrected chi connectivity index (χ2v) is 9.62. The number of nitrogens with one attached hydrogen (secondary N) is 2. The molecule has 2 heterocycles. The third-order valence-corrected chi connectivity index (χ3v) is 5.95. The molecule has 2 atom stereocenters. The van der Waals surface area contributed by atoms with E-state index in [1.165, 1.54) is 11.3 Å². The first-order valence-electron chi connectivity index (χ1n) is 10.6. The number of carbonyl (C=O) groups is 2. The Balaban J connectivity index is 1.55. The number of esters is 1. The number of anilines is 1. The van der Waals surface area contributed by atoms with Crippen LogP contribution in [0.5, 0.6) is 0 Å². The number of amides is 2. The van der Waals surface area contributed by atoms with Crippen molar-refractivity contribution in [3.63, 3.8) is 0 Å². The molecule has 2 N–H and O–H groups in total. The average Bonchev–Trinajstić information content (AvgIpc) is 3.36. The van der Waals surface area contributed by atoms with E-state index < -0.39 is 0 Å². The van der Waals surface area contributed by atoms with E-state index in [0.29, 0.717) is 17.6 Å². The lowest BCUT2D eigenvalue weighted by atomic mass is 9.84. The molecular formula is C22H30N4O4S. The van der Waals surface area contributed by atoms with E-state index >= 15 is 0 Å². The van der Waals surface area contributed by atoms with Gasteiger partial charge in [-0.15, -0.1) is 0 Å². The molecule has 1 fully saturated rings. The zero-order valence-corrected chi connectivity index (χ0v) is 19.3. The first kappa shape index (κ1) is 23.0. The molecule has 8 nitrogen and oxygen atoms in total. The molecule has 0 aromatic carbocycles. The van der Waals surface area contributed by atoms with E-state index in [4.69, 9.17) is 9.15 Å². The molecule has 0 spiro atoms. The van der Waals surface area contributed by atoms with Gasteiger partial charge >= 0.3 is 12.0 Å². The molecule has 1 saturated carbocycles. The molecule has 3 rings (SSSR count). The van der Waals surface area contributed by atoms with E-state index in [1.807, 2.05) is 6.08 Å². The van der Waals surface area contributed by atoms with Gasteiger partial charge in [-0.05, 0) is 25.8 Å². The number of thiazole rings is 1. The van der Waals surface area contributed by atoms with Gasteiger partial charge in [0.2, 0.25) is 5.89 Å². The Bertz CT molecular complexity index is 928. The van der Waals surface area contributed by atoms with Gasteiger partial charge in [0.25, 0.3) is 0 Å². The van der Waals surface area contributed by atoms with Gasteiger partial charge in [0, 0.05) is 28.6 Å². The molecule has 2 aromatic heterocycles. The second-order valence-electron chi connectivity index (χ2n) is 8.56. The molecule has 1 aliphatic rings. The van der Waals surface area contributed by atoms with Crippen LogP contribution in [0.25, 0.3) is 12.2 Å². The Morgan fingerprint density at radius 3 is 2.71 bits per heavy atom. The van der Waals surface area contributed by atoms with Gasteiger partial charge in [-0.2, -0.15) is 0 Å². The Morgan fingerprint density at radius 2 is 2.00 bits per heavy atom. The van der Waals surface area contributed by atoms with Crippen molar-refractivity contribution in [1.29, 1.82) is 0 Å². The quantitative estimate of drug-likeness (QED) is 0.615. The van der Waals surface area contributed by atoms with Gasteiger partial charge in [0.15, 0.2) is 5.13 Å². The van der Waals surface area contributed by atoms with Gasteiger partial charge in [0.1, 0.15) is 5.76 Å². The average molecular weight is 447 g/mol. The van der Waals surface area contributed by atoms with Crippen LogP contribution >= 0.6 is 11.3 Å². The molecule has 0 unspecified atom stereocenters. The van der Waals surface area contributed by atoms with Crippen molar-refractivity contribution in [3.05, 3.63) is 28.9 Å². The Kier molecular flexibility index (Phi) is 7.48. The molecule has 2 amide bonds. The van der Waals surface area contributed by atoms with E-state index in [0.717, 1.165) is 36.3 Å². The molecule has 0 saturated heterocycles. The summed E-state index contributed by atoms with van der Waals surface area (Å²) in [6.07, 6.45) is 10.5. The minimum atomic E-state index is -0.367.